The van der Waals surface area contributed by atoms with Crippen LogP contribution in [0.25, 0.3) is 0 Å². The molecule has 0 amide bonds. The fourth-order valence-electron chi connectivity index (χ4n) is 5.11. The van der Waals surface area contributed by atoms with Crippen molar-refractivity contribution >= 4 is 17.7 Å². The molecule has 0 unspecified atom stereocenters. The van der Waals surface area contributed by atoms with Crippen LogP contribution in [-0.2, 0) is 37.1 Å². The molecule has 3 aromatic carbocycles. The molecule has 0 aliphatic heterocycles. The molecule has 0 bridgehead atoms. The van der Waals surface area contributed by atoms with Crippen LogP contribution in [-0.4, -0.2) is 42.6 Å². The van der Waals surface area contributed by atoms with Crippen LogP contribution in [0.15, 0.2) is 78.9 Å². The Morgan fingerprint density at radius 1 is 0.821 bits per heavy atom. The first-order chi connectivity index (χ1) is 18.7. The largest absolute Gasteiger partial charge is 0.493 e. The first-order valence-corrected chi connectivity index (χ1v) is 12.6. The number of carbonyl (C=O) groups is 3. The van der Waals surface area contributed by atoms with Gasteiger partial charge in [-0.25, -0.2) is 0 Å². The zero-order chi connectivity index (χ0) is 28.0. The summed E-state index contributed by atoms with van der Waals surface area (Å²) in [5, 5.41) is 11.4. The molecule has 204 valence electrons. The Bertz CT molecular complexity index is 1300. The predicted molar refractivity (Wildman–Crippen MR) is 142 cm³/mol. The quantitative estimate of drug-likeness (QED) is 0.322. The van der Waals surface area contributed by atoms with Crippen LogP contribution in [0.3, 0.4) is 0 Å². The summed E-state index contributed by atoms with van der Waals surface area (Å²) >= 11 is 0. The van der Waals surface area contributed by atoms with Crippen molar-refractivity contribution in [2.45, 2.75) is 38.1 Å². The lowest BCUT2D eigenvalue weighted by Crippen LogP contribution is -2.55. The lowest BCUT2D eigenvalue weighted by molar-refractivity contribution is -0.174. The molecule has 1 saturated carbocycles. The summed E-state index contributed by atoms with van der Waals surface area (Å²) in [6, 6.07) is 23.1. The van der Waals surface area contributed by atoms with E-state index in [0.29, 0.717) is 17.1 Å². The van der Waals surface area contributed by atoms with Crippen LogP contribution in [0.5, 0.6) is 11.5 Å². The number of rotatable bonds is 9. The van der Waals surface area contributed by atoms with E-state index in [1.807, 2.05) is 48.5 Å². The van der Waals surface area contributed by atoms with Gasteiger partial charge < -0.3 is 24.1 Å². The second-order valence-electron chi connectivity index (χ2n) is 9.78. The Kier molecular flexibility index (Phi) is 8.66. The smallest absolute Gasteiger partial charge is 0.317 e. The Balaban J connectivity index is 1.72. The standard InChI is InChI=1S/C31H32O8/c1-31(35)17-23(32)27(29(33)38-18-20-10-6-4-7-11-20)26(22-14-15-24(36-2)25(16-22)37-3)28(31)30(34)39-19-21-12-8-5-9-13-21/h4-16,26-28,35H,17-19H2,1-3H3/t26-,27-,28+,31+/m0/s1. The minimum absolute atomic E-state index is 0.0258. The average Bonchev–Trinajstić information content (AvgIpc) is 2.94. The summed E-state index contributed by atoms with van der Waals surface area (Å²) in [6.07, 6.45) is -0.410. The summed E-state index contributed by atoms with van der Waals surface area (Å²) in [4.78, 5) is 40.5. The number of methoxy groups -OCH3 is 2. The Morgan fingerprint density at radius 3 is 1.90 bits per heavy atom. The van der Waals surface area contributed by atoms with Crippen molar-refractivity contribution < 1.29 is 38.4 Å². The third-order valence-corrected chi connectivity index (χ3v) is 7.02. The van der Waals surface area contributed by atoms with E-state index in [1.54, 1.807) is 30.3 Å². The molecule has 0 spiro atoms. The Hall–Kier alpha value is -4.17. The summed E-state index contributed by atoms with van der Waals surface area (Å²) < 4.78 is 22.0. The molecule has 0 aromatic heterocycles. The van der Waals surface area contributed by atoms with Crippen molar-refractivity contribution in [3.05, 3.63) is 95.6 Å². The van der Waals surface area contributed by atoms with Gasteiger partial charge in [0.05, 0.1) is 25.7 Å². The van der Waals surface area contributed by atoms with E-state index in [2.05, 4.69) is 0 Å². The minimum atomic E-state index is -1.78. The van der Waals surface area contributed by atoms with Gasteiger partial charge in [-0.1, -0.05) is 66.7 Å². The fraction of sp³-hybridized carbons (Fsp3) is 0.323. The molecule has 0 radical (unpaired) electrons. The van der Waals surface area contributed by atoms with Crippen molar-refractivity contribution in [1.82, 2.24) is 0 Å². The molecule has 0 heterocycles. The number of hydrogen-bond acceptors (Lipinski definition) is 8. The highest BCUT2D eigenvalue weighted by molar-refractivity contribution is 6.02. The molecule has 1 N–H and O–H groups in total. The van der Waals surface area contributed by atoms with Crippen LogP contribution in [0.2, 0.25) is 0 Å². The number of carbonyl (C=O) groups excluding carboxylic acids is 3. The fourth-order valence-corrected chi connectivity index (χ4v) is 5.11. The highest BCUT2D eigenvalue weighted by Gasteiger charge is 2.57. The first kappa shape index (κ1) is 27.9. The third-order valence-electron chi connectivity index (χ3n) is 7.02. The molecule has 1 aliphatic rings. The van der Waals surface area contributed by atoms with Crippen molar-refractivity contribution in [2.24, 2.45) is 11.8 Å². The molecule has 0 saturated heterocycles. The highest BCUT2D eigenvalue weighted by atomic mass is 16.5. The third kappa shape index (κ3) is 6.29. The van der Waals surface area contributed by atoms with Gasteiger partial charge in [0, 0.05) is 12.3 Å². The SMILES string of the molecule is COc1ccc([C@H]2[C@@H](C(=O)OCc3ccccc3)C(=O)C[C@@](C)(O)[C@H]2C(=O)OCc2ccccc2)cc1OC. The molecule has 1 aliphatic carbocycles. The van der Waals surface area contributed by atoms with Gasteiger partial charge in [0.15, 0.2) is 17.3 Å². The minimum Gasteiger partial charge on any atom is -0.493 e. The van der Waals surface area contributed by atoms with E-state index in [1.165, 1.54) is 21.1 Å². The van der Waals surface area contributed by atoms with Gasteiger partial charge in [0.1, 0.15) is 19.1 Å². The van der Waals surface area contributed by atoms with E-state index in [4.69, 9.17) is 18.9 Å². The van der Waals surface area contributed by atoms with Crippen molar-refractivity contribution in [3.63, 3.8) is 0 Å². The zero-order valence-corrected chi connectivity index (χ0v) is 22.2. The van der Waals surface area contributed by atoms with E-state index in [-0.39, 0.29) is 13.2 Å². The average molecular weight is 533 g/mol. The summed E-state index contributed by atoms with van der Waals surface area (Å²) in [6.45, 7) is 1.35. The first-order valence-electron chi connectivity index (χ1n) is 12.6. The van der Waals surface area contributed by atoms with Crippen LogP contribution < -0.4 is 9.47 Å². The maximum Gasteiger partial charge on any atom is 0.317 e. The van der Waals surface area contributed by atoms with E-state index < -0.39 is 47.5 Å². The van der Waals surface area contributed by atoms with Crippen LogP contribution >= 0.6 is 0 Å². The lowest BCUT2D eigenvalue weighted by Gasteiger charge is -2.43. The van der Waals surface area contributed by atoms with E-state index >= 15 is 0 Å². The Labute approximate surface area is 227 Å². The predicted octanol–water partition coefficient (Wildman–Crippen LogP) is 4.23. The molecule has 1 fully saturated rings. The summed E-state index contributed by atoms with van der Waals surface area (Å²) in [5.74, 6) is -4.91. The summed E-state index contributed by atoms with van der Waals surface area (Å²) in [7, 11) is 2.95. The van der Waals surface area contributed by atoms with Crippen LogP contribution in [0.1, 0.15) is 36.0 Å². The number of ketones is 1. The van der Waals surface area contributed by atoms with Gasteiger partial charge in [0.2, 0.25) is 0 Å². The van der Waals surface area contributed by atoms with Crippen LogP contribution in [0.4, 0.5) is 0 Å². The van der Waals surface area contributed by atoms with Crippen LogP contribution in [0, 0.1) is 11.8 Å². The second kappa shape index (κ2) is 12.1. The maximum absolute atomic E-state index is 13.6. The number of aliphatic hydroxyl groups is 1. The molecule has 4 rings (SSSR count). The van der Waals surface area contributed by atoms with Gasteiger partial charge in [-0.3, -0.25) is 14.4 Å². The van der Waals surface area contributed by atoms with Crippen molar-refractivity contribution in [2.75, 3.05) is 14.2 Å². The molecule has 8 nitrogen and oxygen atoms in total. The van der Waals surface area contributed by atoms with Crippen molar-refractivity contribution in [1.29, 1.82) is 0 Å². The zero-order valence-electron chi connectivity index (χ0n) is 22.2. The number of hydrogen-bond donors (Lipinski definition) is 1. The molecule has 39 heavy (non-hydrogen) atoms. The monoisotopic (exact) mass is 532 g/mol. The normalized spacial score (nSPS) is 22.6. The topological polar surface area (TPSA) is 108 Å². The number of benzene rings is 3. The van der Waals surface area contributed by atoms with Gasteiger partial charge in [-0.2, -0.15) is 0 Å². The van der Waals surface area contributed by atoms with Gasteiger partial charge >= 0.3 is 11.9 Å². The lowest BCUT2D eigenvalue weighted by atomic mass is 9.61. The highest BCUT2D eigenvalue weighted by Crippen LogP contribution is 2.48. The summed E-state index contributed by atoms with van der Waals surface area (Å²) in [5.41, 5.74) is 0.171. The number of ether oxygens (including phenoxy) is 4. The molecule has 8 heteroatoms. The maximum atomic E-state index is 13.6. The van der Waals surface area contributed by atoms with Gasteiger partial charge in [-0.15, -0.1) is 0 Å². The molecular formula is C31H32O8. The molecular weight excluding hydrogens is 500 g/mol. The second-order valence-corrected chi connectivity index (χ2v) is 9.78. The van der Waals surface area contributed by atoms with E-state index in [9.17, 15) is 19.5 Å². The molecule has 4 atom stereocenters. The van der Waals surface area contributed by atoms with E-state index in [0.717, 1.165) is 11.1 Å². The number of esters is 2. The van der Waals surface area contributed by atoms with Gasteiger partial charge in [-0.05, 0) is 35.7 Å². The Morgan fingerprint density at radius 2 is 1.36 bits per heavy atom. The number of Topliss-reactive ketones (excluding diaryl/α,β-unsaturated/α-hetero) is 1. The van der Waals surface area contributed by atoms with Gasteiger partial charge in [0.25, 0.3) is 0 Å². The molecule has 3 aromatic rings. The van der Waals surface area contributed by atoms with Crippen molar-refractivity contribution in [3.8, 4) is 11.5 Å².